The molecular weight excluding hydrogens is 234 g/mol. The van der Waals surface area contributed by atoms with Gasteiger partial charge >= 0.3 is 0 Å². The van der Waals surface area contributed by atoms with Crippen LogP contribution in [0.5, 0.6) is 0 Å². The van der Waals surface area contributed by atoms with Crippen molar-refractivity contribution >= 4 is 12.0 Å². The molecule has 2 heteroatoms. The molecule has 1 saturated carbocycles. The molecule has 1 aliphatic rings. The van der Waals surface area contributed by atoms with Gasteiger partial charge < -0.3 is 5.32 Å². The van der Waals surface area contributed by atoms with Crippen molar-refractivity contribution in [2.24, 2.45) is 11.8 Å². The van der Waals surface area contributed by atoms with Crippen molar-refractivity contribution in [1.82, 2.24) is 5.32 Å². The maximum absolute atomic E-state index is 11.9. The fourth-order valence-corrected chi connectivity index (χ4v) is 2.75. The van der Waals surface area contributed by atoms with Crippen LogP contribution in [-0.2, 0) is 4.79 Å². The third kappa shape index (κ3) is 3.95. The van der Waals surface area contributed by atoms with E-state index in [1.54, 1.807) is 6.08 Å². The highest BCUT2D eigenvalue weighted by atomic mass is 16.1. The minimum Gasteiger partial charge on any atom is -0.350 e. The Morgan fingerprint density at radius 3 is 2.68 bits per heavy atom. The number of rotatable bonds is 3. The molecule has 0 saturated heterocycles. The highest BCUT2D eigenvalue weighted by Gasteiger charge is 2.27. The van der Waals surface area contributed by atoms with Crippen LogP contribution in [-0.4, -0.2) is 11.9 Å². The molecule has 19 heavy (non-hydrogen) atoms. The number of carbonyl (C=O) groups excluding carboxylic acids is 1. The second kappa shape index (κ2) is 6.55. The van der Waals surface area contributed by atoms with Gasteiger partial charge in [0.05, 0.1) is 0 Å². The Bertz CT molecular complexity index is 438. The lowest BCUT2D eigenvalue weighted by Gasteiger charge is -2.34. The van der Waals surface area contributed by atoms with E-state index in [9.17, 15) is 4.79 Å². The molecule has 2 nitrogen and oxygen atoms in total. The van der Waals surface area contributed by atoms with E-state index in [-0.39, 0.29) is 5.91 Å². The van der Waals surface area contributed by atoms with Crippen molar-refractivity contribution in [3.8, 4) is 0 Å². The molecule has 0 spiro atoms. The monoisotopic (exact) mass is 257 g/mol. The van der Waals surface area contributed by atoms with Gasteiger partial charge in [-0.1, -0.05) is 57.0 Å². The number of carbonyl (C=O) groups is 1. The van der Waals surface area contributed by atoms with E-state index >= 15 is 0 Å². The van der Waals surface area contributed by atoms with Crippen molar-refractivity contribution in [3.05, 3.63) is 42.0 Å². The summed E-state index contributed by atoms with van der Waals surface area (Å²) in [6.07, 6.45) is 7.12. The number of amides is 1. The van der Waals surface area contributed by atoms with Crippen molar-refractivity contribution < 1.29 is 4.79 Å². The quantitative estimate of drug-likeness (QED) is 0.823. The maximum atomic E-state index is 11.9. The van der Waals surface area contributed by atoms with Crippen LogP contribution < -0.4 is 5.32 Å². The second-order valence-corrected chi connectivity index (χ2v) is 5.63. The topological polar surface area (TPSA) is 29.1 Å². The summed E-state index contributed by atoms with van der Waals surface area (Å²) in [6.45, 7) is 4.53. The van der Waals surface area contributed by atoms with Crippen LogP contribution in [0.2, 0.25) is 0 Å². The molecule has 0 bridgehead atoms. The molecule has 1 aromatic carbocycles. The molecule has 0 heterocycles. The van der Waals surface area contributed by atoms with E-state index < -0.39 is 0 Å². The first-order valence-electron chi connectivity index (χ1n) is 7.20. The zero-order valence-electron chi connectivity index (χ0n) is 11.8. The predicted molar refractivity (Wildman–Crippen MR) is 79.6 cm³/mol. The zero-order valence-corrected chi connectivity index (χ0v) is 11.8. The fourth-order valence-electron chi connectivity index (χ4n) is 2.75. The zero-order chi connectivity index (χ0) is 13.7. The summed E-state index contributed by atoms with van der Waals surface area (Å²) >= 11 is 0. The largest absolute Gasteiger partial charge is 0.350 e. The average molecular weight is 257 g/mol. The Morgan fingerprint density at radius 2 is 1.95 bits per heavy atom. The first kappa shape index (κ1) is 13.9. The number of hydrogen-bond donors (Lipinski definition) is 1. The van der Waals surface area contributed by atoms with Crippen LogP contribution in [0.4, 0.5) is 0 Å². The Balaban J connectivity index is 1.89. The third-order valence-electron chi connectivity index (χ3n) is 4.26. The van der Waals surface area contributed by atoms with Crippen molar-refractivity contribution in [2.45, 2.75) is 39.2 Å². The molecule has 3 atom stereocenters. The van der Waals surface area contributed by atoms with Crippen LogP contribution in [0.3, 0.4) is 0 Å². The molecule has 1 fully saturated rings. The second-order valence-electron chi connectivity index (χ2n) is 5.63. The molecule has 0 unspecified atom stereocenters. The summed E-state index contributed by atoms with van der Waals surface area (Å²) in [4.78, 5) is 11.9. The lowest BCUT2D eigenvalue weighted by atomic mass is 9.78. The molecule has 0 radical (unpaired) electrons. The molecule has 0 aromatic heterocycles. The van der Waals surface area contributed by atoms with E-state index in [2.05, 4.69) is 19.2 Å². The van der Waals surface area contributed by atoms with Crippen LogP contribution in [0, 0.1) is 11.8 Å². The first-order valence-corrected chi connectivity index (χ1v) is 7.20. The standard InChI is InChI=1S/C17H23NO/c1-13-7-6-10-16(14(13)2)18-17(19)12-11-15-8-4-3-5-9-15/h3-5,8-9,11-14,16H,6-7,10H2,1-2H3,(H,18,19)/b12-11+/t13-,14+,16-/m1/s1. The van der Waals surface area contributed by atoms with Crippen LogP contribution in [0.1, 0.15) is 38.7 Å². The molecule has 1 aliphatic carbocycles. The number of nitrogens with one attached hydrogen (secondary N) is 1. The minimum absolute atomic E-state index is 0.0230. The maximum Gasteiger partial charge on any atom is 0.244 e. The van der Waals surface area contributed by atoms with Gasteiger partial charge in [-0.15, -0.1) is 0 Å². The average Bonchev–Trinajstić information content (AvgIpc) is 2.43. The van der Waals surface area contributed by atoms with Gasteiger partial charge in [0.2, 0.25) is 5.91 Å². The summed E-state index contributed by atoms with van der Waals surface area (Å²) in [6, 6.07) is 10.2. The van der Waals surface area contributed by atoms with Crippen molar-refractivity contribution in [2.75, 3.05) is 0 Å². The normalized spacial score (nSPS) is 27.4. The summed E-state index contributed by atoms with van der Waals surface area (Å²) in [5.41, 5.74) is 1.06. The molecular formula is C17H23NO. The minimum atomic E-state index is 0.0230. The fraction of sp³-hybridized carbons (Fsp3) is 0.471. The highest BCUT2D eigenvalue weighted by Crippen LogP contribution is 2.29. The Kier molecular flexibility index (Phi) is 4.78. The lowest BCUT2D eigenvalue weighted by Crippen LogP contribution is -2.43. The predicted octanol–water partition coefficient (Wildman–Crippen LogP) is 3.64. The molecule has 0 aliphatic heterocycles. The van der Waals surface area contributed by atoms with Gasteiger partial charge in [0.1, 0.15) is 0 Å². The van der Waals surface area contributed by atoms with E-state index in [0.717, 1.165) is 12.0 Å². The van der Waals surface area contributed by atoms with E-state index in [4.69, 9.17) is 0 Å². The van der Waals surface area contributed by atoms with Crippen LogP contribution in [0.25, 0.3) is 6.08 Å². The molecule has 1 N–H and O–H groups in total. The van der Waals surface area contributed by atoms with Crippen molar-refractivity contribution in [3.63, 3.8) is 0 Å². The third-order valence-corrected chi connectivity index (χ3v) is 4.26. The Hall–Kier alpha value is -1.57. The van der Waals surface area contributed by atoms with Gasteiger partial charge in [0.15, 0.2) is 0 Å². The van der Waals surface area contributed by atoms with E-state index in [1.807, 2.05) is 36.4 Å². The smallest absolute Gasteiger partial charge is 0.244 e. The molecule has 102 valence electrons. The van der Waals surface area contributed by atoms with Crippen molar-refractivity contribution in [1.29, 1.82) is 0 Å². The molecule has 1 aromatic rings. The first-order chi connectivity index (χ1) is 9.16. The Labute approximate surface area is 115 Å². The van der Waals surface area contributed by atoms with E-state index in [1.165, 1.54) is 12.8 Å². The highest BCUT2D eigenvalue weighted by molar-refractivity contribution is 5.91. The van der Waals surface area contributed by atoms with Gasteiger partial charge in [-0.2, -0.15) is 0 Å². The van der Waals surface area contributed by atoms with Gasteiger partial charge in [-0.3, -0.25) is 4.79 Å². The van der Waals surface area contributed by atoms with Crippen LogP contribution in [0.15, 0.2) is 36.4 Å². The summed E-state index contributed by atoms with van der Waals surface area (Å²) in [5.74, 6) is 1.30. The Morgan fingerprint density at radius 1 is 1.21 bits per heavy atom. The van der Waals surface area contributed by atoms with Crippen LogP contribution >= 0.6 is 0 Å². The van der Waals surface area contributed by atoms with Gasteiger partial charge in [-0.25, -0.2) is 0 Å². The number of hydrogen-bond acceptors (Lipinski definition) is 1. The van der Waals surface area contributed by atoms with Gasteiger partial charge in [-0.05, 0) is 29.9 Å². The lowest BCUT2D eigenvalue weighted by molar-refractivity contribution is -0.117. The van der Waals surface area contributed by atoms with Gasteiger partial charge in [0.25, 0.3) is 0 Å². The summed E-state index contributed by atoms with van der Waals surface area (Å²) < 4.78 is 0. The SMILES string of the molecule is C[C@H]1[C@H](C)CCC[C@H]1NC(=O)/C=C/c1ccccc1. The van der Waals surface area contributed by atoms with Gasteiger partial charge in [0, 0.05) is 12.1 Å². The summed E-state index contributed by atoms with van der Waals surface area (Å²) in [7, 11) is 0. The molecule has 1 amide bonds. The summed E-state index contributed by atoms with van der Waals surface area (Å²) in [5, 5.41) is 3.14. The molecule has 2 rings (SSSR count). The van der Waals surface area contributed by atoms with E-state index in [0.29, 0.717) is 17.9 Å². The number of benzene rings is 1.